The molecule has 2 N–H and O–H groups in total. The van der Waals surface area contributed by atoms with Crippen LogP contribution in [0.2, 0.25) is 0 Å². The van der Waals surface area contributed by atoms with Gasteiger partial charge in [0.05, 0.1) is 11.4 Å². The Morgan fingerprint density at radius 2 is 1.69 bits per heavy atom. The number of anilines is 1. The molecule has 0 fully saturated rings. The van der Waals surface area contributed by atoms with E-state index in [2.05, 4.69) is 10.0 Å². The number of hydrogen-bond acceptors (Lipinski definition) is 4. The van der Waals surface area contributed by atoms with Crippen LogP contribution >= 0.6 is 0 Å². The Morgan fingerprint density at radius 3 is 2.45 bits per heavy atom. The van der Waals surface area contributed by atoms with Crippen molar-refractivity contribution in [3.05, 3.63) is 90.0 Å². The molecule has 0 heterocycles. The first-order chi connectivity index (χ1) is 13.9. The molecule has 150 valence electrons. The van der Waals surface area contributed by atoms with E-state index in [-0.39, 0.29) is 10.8 Å². The van der Waals surface area contributed by atoms with E-state index in [1.54, 1.807) is 36.4 Å². The molecule has 0 saturated carbocycles. The Kier molecular flexibility index (Phi) is 6.51. The van der Waals surface area contributed by atoms with Gasteiger partial charge in [-0.25, -0.2) is 8.42 Å². The van der Waals surface area contributed by atoms with Gasteiger partial charge in [-0.15, -0.1) is 0 Å². The normalized spacial score (nSPS) is 10.9. The van der Waals surface area contributed by atoms with Gasteiger partial charge in [-0.1, -0.05) is 36.4 Å². The van der Waals surface area contributed by atoms with E-state index in [0.29, 0.717) is 24.4 Å². The highest BCUT2D eigenvalue weighted by molar-refractivity contribution is 7.92. The lowest BCUT2D eigenvalue weighted by atomic mass is 10.2. The van der Waals surface area contributed by atoms with E-state index in [0.717, 1.165) is 11.3 Å². The Balaban J connectivity index is 1.56. The maximum Gasteiger partial charge on any atom is 0.261 e. The molecule has 0 radical (unpaired) electrons. The highest BCUT2D eigenvalue weighted by atomic mass is 32.2. The minimum Gasteiger partial charge on any atom is -0.492 e. The van der Waals surface area contributed by atoms with E-state index < -0.39 is 10.0 Å². The smallest absolute Gasteiger partial charge is 0.261 e. The van der Waals surface area contributed by atoms with Gasteiger partial charge in [-0.2, -0.15) is 0 Å². The third-order valence-electron chi connectivity index (χ3n) is 4.08. The van der Waals surface area contributed by atoms with Crippen molar-refractivity contribution in [3.8, 4) is 5.75 Å². The van der Waals surface area contributed by atoms with Crippen LogP contribution in [0.3, 0.4) is 0 Å². The van der Waals surface area contributed by atoms with Crippen molar-refractivity contribution in [2.45, 2.75) is 11.8 Å². The minimum atomic E-state index is -3.71. The highest BCUT2D eigenvalue weighted by Crippen LogP contribution is 2.17. The largest absolute Gasteiger partial charge is 0.492 e. The van der Waals surface area contributed by atoms with Crippen molar-refractivity contribution in [1.82, 2.24) is 5.32 Å². The average Bonchev–Trinajstić information content (AvgIpc) is 2.72. The zero-order valence-corrected chi connectivity index (χ0v) is 16.8. The number of carbonyl (C=O) groups is 1. The van der Waals surface area contributed by atoms with Crippen LogP contribution in [0.1, 0.15) is 15.9 Å². The van der Waals surface area contributed by atoms with Crippen molar-refractivity contribution in [1.29, 1.82) is 0 Å². The number of benzene rings is 3. The fourth-order valence-corrected chi connectivity index (χ4v) is 3.75. The van der Waals surface area contributed by atoms with Crippen LogP contribution in [0.25, 0.3) is 0 Å². The summed E-state index contributed by atoms with van der Waals surface area (Å²) in [6.07, 6.45) is 0. The quantitative estimate of drug-likeness (QED) is 0.556. The fourth-order valence-electron chi connectivity index (χ4n) is 2.68. The molecule has 6 nitrogen and oxygen atoms in total. The summed E-state index contributed by atoms with van der Waals surface area (Å²) >= 11 is 0. The van der Waals surface area contributed by atoms with Gasteiger partial charge in [0.1, 0.15) is 12.4 Å². The van der Waals surface area contributed by atoms with Crippen molar-refractivity contribution in [2.24, 2.45) is 0 Å². The van der Waals surface area contributed by atoms with Crippen LogP contribution in [0, 0.1) is 6.92 Å². The van der Waals surface area contributed by atoms with Crippen LogP contribution in [0.4, 0.5) is 5.69 Å². The summed E-state index contributed by atoms with van der Waals surface area (Å²) in [6.45, 7) is 2.63. The van der Waals surface area contributed by atoms with Gasteiger partial charge in [0.25, 0.3) is 15.9 Å². The maximum absolute atomic E-state index is 12.4. The number of amides is 1. The topological polar surface area (TPSA) is 84.5 Å². The number of sulfonamides is 1. The predicted octanol–water partition coefficient (Wildman–Crippen LogP) is 3.60. The van der Waals surface area contributed by atoms with E-state index in [4.69, 9.17) is 4.74 Å². The lowest BCUT2D eigenvalue weighted by Gasteiger charge is -2.11. The van der Waals surface area contributed by atoms with E-state index >= 15 is 0 Å². The number of nitrogens with one attached hydrogen (secondary N) is 2. The summed E-state index contributed by atoms with van der Waals surface area (Å²) in [7, 11) is -3.71. The lowest BCUT2D eigenvalue weighted by Crippen LogP contribution is -2.28. The van der Waals surface area contributed by atoms with Crippen molar-refractivity contribution >= 4 is 21.6 Å². The number of aryl methyl sites for hydroxylation is 1. The van der Waals surface area contributed by atoms with Gasteiger partial charge in [0.2, 0.25) is 0 Å². The predicted molar refractivity (Wildman–Crippen MR) is 113 cm³/mol. The van der Waals surface area contributed by atoms with E-state index in [1.165, 1.54) is 18.2 Å². The van der Waals surface area contributed by atoms with Gasteiger partial charge < -0.3 is 10.1 Å². The zero-order chi connectivity index (χ0) is 20.7. The summed E-state index contributed by atoms with van der Waals surface area (Å²) in [5, 5.41) is 2.76. The Hall–Kier alpha value is -3.32. The summed E-state index contributed by atoms with van der Waals surface area (Å²) in [5.74, 6) is 0.440. The van der Waals surface area contributed by atoms with Crippen LogP contribution in [0.15, 0.2) is 83.8 Å². The Labute approximate surface area is 170 Å². The molecule has 0 bridgehead atoms. The number of ether oxygens (including phenoxy) is 1. The monoisotopic (exact) mass is 410 g/mol. The number of carbonyl (C=O) groups excluding carboxylic acids is 1. The van der Waals surface area contributed by atoms with Gasteiger partial charge in [-0.05, 0) is 55.0 Å². The molecule has 0 aliphatic heterocycles. The molecule has 3 aromatic rings. The van der Waals surface area contributed by atoms with Gasteiger partial charge >= 0.3 is 0 Å². The molecule has 0 saturated heterocycles. The fraction of sp³-hybridized carbons (Fsp3) is 0.136. The molecule has 0 spiro atoms. The van der Waals surface area contributed by atoms with Gasteiger partial charge in [0, 0.05) is 11.3 Å². The van der Waals surface area contributed by atoms with Crippen molar-refractivity contribution in [2.75, 3.05) is 17.9 Å². The molecular formula is C22H22N2O4S. The number of rotatable bonds is 8. The van der Waals surface area contributed by atoms with E-state index in [9.17, 15) is 13.2 Å². The van der Waals surface area contributed by atoms with Crippen molar-refractivity contribution in [3.63, 3.8) is 0 Å². The molecule has 0 atom stereocenters. The Morgan fingerprint density at radius 1 is 0.931 bits per heavy atom. The SMILES string of the molecule is Cc1cccc(OCCNC(=O)c2cccc(NS(=O)(=O)c3ccccc3)c2)c1. The first-order valence-electron chi connectivity index (χ1n) is 9.10. The molecule has 0 aromatic heterocycles. The van der Waals surface area contributed by atoms with Crippen LogP contribution in [-0.4, -0.2) is 27.5 Å². The summed E-state index contributed by atoms with van der Waals surface area (Å²) in [6, 6.07) is 22.1. The summed E-state index contributed by atoms with van der Waals surface area (Å²) in [5.41, 5.74) is 1.77. The second-order valence-electron chi connectivity index (χ2n) is 6.42. The first-order valence-corrected chi connectivity index (χ1v) is 10.6. The molecule has 7 heteroatoms. The average molecular weight is 410 g/mol. The standard InChI is InChI=1S/C22H22N2O4S/c1-17-7-5-10-20(15-17)28-14-13-23-22(25)18-8-6-9-19(16-18)24-29(26,27)21-11-3-2-4-12-21/h2-12,15-16,24H,13-14H2,1H3,(H,23,25). The lowest BCUT2D eigenvalue weighted by molar-refractivity contribution is 0.0947. The molecule has 0 aliphatic rings. The van der Waals surface area contributed by atoms with E-state index in [1.807, 2.05) is 31.2 Å². The molecule has 3 rings (SSSR count). The van der Waals surface area contributed by atoms with Crippen LogP contribution in [0.5, 0.6) is 5.75 Å². The molecule has 0 unspecified atom stereocenters. The van der Waals surface area contributed by atoms with Crippen LogP contribution < -0.4 is 14.8 Å². The zero-order valence-electron chi connectivity index (χ0n) is 16.0. The second kappa shape index (κ2) is 9.25. The molecule has 3 aromatic carbocycles. The molecule has 29 heavy (non-hydrogen) atoms. The second-order valence-corrected chi connectivity index (χ2v) is 8.10. The van der Waals surface area contributed by atoms with Crippen LogP contribution in [-0.2, 0) is 10.0 Å². The minimum absolute atomic E-state index is 0.156. The third-order valence-corrected chi connectivity index (χ3v) is 5.47. The Bertz CT molecular complexity index is 1080. The number of hydrogen-bond donors (Lipinski definition) is 2. The van der Waals surface area contributed by atoms with Gasteiger partial charge in [-0.3, -0.25) is 9.52 Å². The third kappa shape index (κ3) is 5.83. The summed E-state index contributed by atoms with van der Waals surface area (Å²) in [4.78, 5) is 12.5. The van der Waals surface area contributed by atoms with Crippen molar-refractivity contribution < 1.29 is 17.9 Å². The molecule has 0 aliphatic carbocycles. The highest BCUT2D eigenvalue weighted by Gasteiger charge is 2.14. The first kappa shape index (κ1) is 20.4. The molecule has 1 amide bonds. The van der Waals surface area contributed by atoms with Gasteiger partial charge in [0.15, 0.2) is 0 Å². The molecular weight excluding hydrogens is 388 g/mol. The summed E-state index contributed by atoms with van der Waals surface area (Å²) < 4.78 is 32.9. The maximum atomic E-state index is 12.4.